The molecule has 17 heavy (non-hydrogen) atoms. The Bertz CT molecular complexity index is 534. The van der Waals surface area contributed by atoms with Crippen LogP contribution in [0.5, 0.6) is 5.75 Å². The van der Waals surface area contributed by atoms with E-state index < -0.39 is 5.97 Å². The summed E-state index contributed by atoms with van der Waals surface area (Å²) >= 11 is 0. The molecule has 1 aliphatic heterocycles. The first-order valence-electron chi connectivity index (χ1n) is 5.11. The lowest BCUT2D eigenvalue weighted by atomic mass is 10.0. The third-order valence-electron chi connectivity index (χ3n) is 2.36. The van der Waals surface area contributed by atoms with Gasteiger partial charge in [0.25, 0.3) is 0 Å². The van der Waals surface area contributed by atoms with E-state index in [0.717, 1.165) is 0 Å². The Labute approximate surface area is 98.5 Å². The van der Waals surface area contributed by atoms with Crippen molar-refractivity contribution in [2.45, 2.75) is 6.42 Å². The summed E-state index contributed by atoms with van der Waals surface area (Å²) in [4.78, 5) is 22.4. The van der Waals surface area contributed by atoms with Crippen LogP contribution in [0.2, 0.25) is 0 Å². The van der Waals surface area contributed by atoms with Gasteiger partial charge in [-0.1, -0.05) is 5.92 Å². The quantitative estimate of drug-likeness (QED) is 0.496. The third kappa shape index (κ3) is 2.45. The number of rotatable bonds is 0. The minimum atomic E-state index is -0.597. The fourth-order valence-electron chi connectivity index (χ4n) is 1.51. The van der Waals surface area contributed by atoms with Crippen molar-refractivity contribution >= 4 is 11.8 Å². The molecule has 86 valence electrons. The highest BCUT2D eigenvalue weighted by molar-refractivity contribution is 5.99. The van der Waals surface area contributed by atoms with Crippen molar-refractivity contribution in [2.75, 3.05) is 13.7 Å². The van der Waals surface area contributed by atoms with Crippen LogP contribution in [0.1, 0.15) is 22.3 Å². The van der Waals surface area contributed by atoms with Gasteiger partial charge in [0.15, 0.2) is 5.78 Å². The molecule has 0 aliphatic carbocycles. The van der Waals surface area contributed by atoms with Crippen molar-refractivity contribution in [2.24, 2.45) is 0 Å². The SMILES string of the molecule is COC(=O)C#Cc1ccc2c(c1)OCCC2=O. The van der Waals surface area contributed by atoms with E-state index >= 15 is 0 Å². The van der Waals surface area contributed by atoms with Gasteiger partial charge in [0.05, 0.1) is 19.3 Å². The summed E-state index contributed by atoms with van der Waals surface area (Å²) in [6.07, 6.45) is 0.403. The van der Waals surface area contributed by atoms with Crippen LogP contribution < -0.4 is 4.74 Å². The van der Waals surface area contributed by atoms with E-state index in [1.165, 1.54) is 7.11 Å². The summed E-state index contributed by atoms with van der Waals surface area (Å²) in [7, 11) is 1.27. The minimum absolute atomic E-state index is 0.0683. The maximum atomic E-state index is 11.5. The smallest absolute Gasteiger partial charge is 0.384 e. The Kier molecular flexibility index (Phi) is 3.10. The van der Waals surface area contributed by atoms with Crippen LogP contribution in [-0.4, -0.2) is 25.5 Å². The van der Waals surface area contributed by atoms with Crippen LogP contribution in [0, 0.1) is 11.8 Å². The lowest BCUT2D eigenvalue weighted by Crippen LogP contribution is -2.15. The largest absolute Gasteiger partial charge is 0.492 e. The van der Waals surface area contributed by atoms with E-state index in [4.69, 9.17) is 4.74 Å². The molecule has 1 aromatic carbocycles. The third-order valence-corrected chi connectivity index (χ3v) is 2.36. The van der Waals surface area contributed by atoms with Gasteiger partial charge in [-0.25, -0.2) is 4.79 Å². The molecular formula is C13H10O4. The summed E-state index contributed by atoms with van der Waals surface area (Å²) in [5.41, 5.74) is 1.18. The molecule has 2 rings (SSSR count). The molecule has 0 N–H and O–H groups in total. The topological polar surface area (TPSA) is 52.6 Å². The van der Waals surface area contributed by atoms with Crippen LogP contribution in [0.15, 0.2) is 18.2 Å². The number of esters is 1. The Morgan fingerprint density at radius 2 is 2.29 bits per heavy atom. The van der Waals surface area contributed by atoms with Crippen LogP contribution in [0.25, 0.3) is 0 Å². The van der Waals surface area contributed by atoms with E-state index in [1.807, 2.05) is 0 Å². The van der Waals surface area contributed by atoms with Crippen molar-refractivity contribution in [1.29, 1.82) is 0 Å². The van der Waals surface area contributed by atoms with Crippen molar-refractivity contribution in [1.82, 2.24) is 0 Å². The van der Waals surface area contributed by atoms with Crippen molar-refractivity contribution in [3.05, 3.63) is 29.3 Å². The first-order chi connectivity index (χ1) is 8.20. The van der Waals surface area contributed by atoms with E-state index in [0.29, 0.717) is 29.9 Å². The predicted octanol–water partition coefficient (Wildman–Crippen LogP) is 1.18. The zero-order valence-corrected chi connectivity index (χ0v) is 9.28. The second-order valence-electron chi connectivity index (χ2n) is 3.47. The van der Waals surface area contributed by atoms with E-state index in [9.17, 15) is 9.59 Å². The molecule has 1 aliphatic rings. The average molecular weight is 230 g/mol. The first kappa shape index (κ1) is 11.2. The van der Waals surface area contributed by atoms with Crippen LogP contribution >= 0.6 is 0 Å². The number of ketones is 1. The molecule has 1 aromatic rings. The fourth-order valence-corrected chi connectivity index (χ4v) is 1.51. The molecule has 0 amide bonds. The highest BCUT2D eigenvalue weighted by Crippen LogP contribution is 2.25. The number of benzene rings is 1. The van der Waals surface area contributed by atoms with Gasteiger partial charge in [-0.15, -0.1) is 0 Å². The van der Waals surface area contributed by atoms with E-state index in [-0.39, 0.29) is 5.78 Å². The standard InChI is InChI=1S/C13H10O4/c1-16-13(15)5-3-9-2-4-10-11(14)6-7-17-12(10)8-9/h2,4,8H,6-7H2,1H3. The normalized spacial score (nSPS) is 12.9. The number of hydrogen-bond acceptors (Lipinski definition) is 4. The molecule has 0 atom stereocenters. The van der Waals surface area contributed by atoms with Gasteiger partial charge in [-0.3, -0.25) is 4.79 Å². The first-order valence-corrected chi connectivity index (χ1v) is 5.11. The molecule has 0 saturated carbocycles. The van der Waals surface area contributed by atoms with Gasteiger partial charge in [0.1, 0.15) is 5.75 Å². The highest BCUT2D eigenvalue weighted by atomic mass is 16.5. The van der Waals surface area contributed by atoms with Gasteiger partial charge in [0.2, 0.25) is 0 Å². The monoisotopic (exact) mass is 230 g/mol. The maximum Gasteiger partial charge on any atom is 0.384 e. The van der Waals surface area contributed by atoms with E-state index in [2.05, 4.69) is 16.6 Å². The lowest BCUT2D eigenvalue weighted by Gasteiger charge is -2.15. The van der Waals surface area contributed by atoms with Crippen molar-refractivity contribution in [3.63, 3.8) is 0 Å². The zero-order chi connectivity index (χ0) is 12.3. The van der Waals surface area contributed by atoms with Gasteiger partial charge in [-0.2, -0.15) is 0 Å². The number of ether oxygens (including phenoxy) is 2. The average Bonchev–Trinajstić information content (AvgIpc) is 2.36. The zero-order valence-electron chi connectivity index (χ0n) is 9.28. The molecule has 4 nitrogen and oxygen atoms in total. The number of fused-ring (bicyclic) bond motifs is 1. The molecule has 0 aromatic heterocycles. The Morgan fingerprint density at radius 1 is 1.47 bits per heavy atom. The summed E-state index contributed by atoms with van der Waals surface area (Å²) in [6, 6.07) is 5.00. The van der Waals surface area contributed by atoms with Crippen LogP contribution in [-0.2, 0) is 9.53 Å². The molecule has 0 radical (unpaired) electrons. The molecule has 0 saturated heterocycles. The summed E-state index contributed by atoms with van der Waals surface area (Å²) in [6.45, 7) is 0.389. The molecule has 0 fully saturated rings. The lowest BCUT2D eigenvalue weighted by molar-refractivity contribution is -0.133. The van der Waals surface area contributed by atoms with Crippen molar-refractivity contribution < 1.29 is 19.1 Å². The molecule has 4 heteroatoms. The van der Waals surface area contributed by atoms with E-state index in [1.54, 1.807) is 18.2 Å². The minimum Gasteiger partial charge on any atom is -0.492 e. The summed E-state index contributed by atoms with van der Waals surface area (Å²) in [5, 5.41) is 0. The molecule has 0 spiro atoms. The highest BCUT2D eigenvalue weighted by Gasteiger charge is 2.17. The fraction of sp³-hybridized carbons (Fsp3) is 0.231. The maximum absolute atomic E-state index is 11.5. The van der Waals surface area contributed by atoms with Gasteiger partial charge < -0.3 is 9.47 Å². The number of methoxy groups -OCH3 is 1. The number of hydrogen-bond donors (Lipinski definition) is 0. The van der Waals surface area contributed by atoms with Crippen LogP contribution in [0.4, 0.5) is 0 Å². The van der Waals surface area contributed by atoms with Gasteiger partial charge in [-0.05, 0) is 18.2 Å². The molecular weight excluding hydrogens is 220 g/mol. The second kappa shape index (κ2) is 4.71. The van der Waals surface area contributed by atoms with Crippen molar-refractivity contribution in [3.8, 4) is 17.6 Å². The van der Waals surface area contributed by atoms with Gasteiger partial charge >= 0.3 is 5.97 Å². The number of carbonyl (C=O) groups is 2. The number of carbonyl (C=O) groups excluding carboxylic acids is 2. The molecule has 1 heterocycles. The molecule has 0 unspecified atom stereocenters. The van der Waals surface area contributed by atoms with Crippen LogP contribution in [0.3, 0.4) is 0 Å². The summed E-state index contributed by atoms with van der Waals surface area (Å²) < 4.78 is 9.77. The summed E-state index contributed by atoms with van der Waals surface area (Å²) in [5.74, 6) is 4.96. The molecule has 0 bridgehead atoms. The Balaban J connectivity index is 2.30. The number of Topliss-reactive ketones (excluding diaryl/α,β-unsaturated/α-hetero) is 1. The Morgan fingerprint density at radius 3 is 3.06 bits per heavy atom. The Hall–Kier alpha value is -2.28. The predicted molar refractivity (Wildman–Crippen MR) is 59.8 cm³/mol. The second-order valence-corrected chi connectivity index (χ2v) is 3.47. The van der Waals surface area contributed by atoms with Gasteiger partial charge in [0, 0.05) is 17.9 Å².